The number of ether oxygens (including phenoxy) is 1. The number of carbonyl (C=O) groups excluding carboxylic acids is 1. The predicted octanol–water partition coefficient (Wildman–Crippen LogP) is 3.96. The van der Waals surface area contributed by atoms with Crippen LogP contribution in [0.4, 0.5) is 0 Å². The van der Waals surface area contributed by atoms with Gasteiger partial charge in [-0.3, -0.25) is 0 Å². The van der Waals surface area contributed by atoms with E-state index in [1.807, 2.05) is 19.9 Å². The SMILES string of the molecule is C.CC.CC(C)CC[C@H]1CC=CC(=O)O1. The predicted molar refractivity (Wildman–Crippen MR) is 65.8 cm³/mol. The van der Waals surface area contributed by atoms with Gasteiger partial charge in [-0.1, -0.05) is 41.2 Å². The lowest BCUT2D eigenvalue weighted by atomic mass is 10.0. The number of carbonyl (C=O) groups is 1. The zero-order valence-corrected chi connectivity index (χ0v) is 9.75. The van der Waals surface area contributed by atoms with E-state index in [-0.39, 0.29) is 19.5 Å². The first-order chi connectivity index (χ1) is 6.68. The van der Waals surface area contributed by atoms with E-state index in [0.29, 0.717) is 5.92 Å². The highest BCUT2D eigenvalue weighted by Crippen LogP contribution is 2.15. The summed E-state index contributed by atoms with van der Waals surface area (Å²) in [4.78, 5) is 10.8. The summed E-state index contributed by atoms with van der Waals surface area (Å²) in [5.41, 5.74) is 0. The second-order valence-electron chi connectivity index (χ2n) is 3.67. The van der Waals surface area contributed by atoms with Gasteiger partial charge in [-0.25, -0.2) is 4.79 Å². The van der Waals surface area contributed by atoms with E-state index < -0.39 is 0 Å². The van der Waals surface area contributed by atoms with E-state index >= 15 is 0 Å². The van der Waals surface area contributed by atoms with Crippen molar-refractivity contribution in [3.8, 4) is 0 Å². The third-order valence-electron chi connectivity index (χ3n) is 2.00. The molecule has 0 aromatic heterocycles. The smallest absolute Gasteiger partial charge is 0.330 e. The Morgan fingerprint density at radius 1 is 1.47 bits per heavy atom. The second kappa shape index (κ2) is 9.75. The molecule has 0 bridgehead atoms. The first-order valence-electron chi connectivity index (χ1n) is 5.55. The lowest BCUT2D eigenvalue weighted by Crippen LogP contribution is -2.20. The number of cyclic esters (lactones) is 1. The molecule has 90 valence electrons. The monoisotopic (exact) mass is 214 g/mol. The fourth-order valence-corrected chi connectivity index (χ4v) is 1.26. The highest BCUT2D eigenvalue weighted by Gasteiger charge is 2.15. The lowest BCUT2D eigenvalue weighted by Gasteiger charge is -2.19. The minimum atomic E-state index is -0.185. The Bertz CT molecular complexity index is 183. The van der Waals surface area contributed by atoms with Crippen LogP contribution in [0.5, 0.6) is 0 Å². The highest BCUT2D eigenvalue weighted by molar-refractivity contribution is 5.82. The molecule has 1 atom stereocenters. The number of hydrogen-bond donors (Lipinski definition) is 0. The van der Waals surface area contributed by atoms with Crippen LogP contribution in [-0.2, 0) is 9.53 Å². The highest BCUT2D eigenvalue weighted by atomic mass is 16.5. The van der Waals surface area contributed by atoms with Gasteiger partial charge in [0.2, 0.25) is 0 Å². The van der Waals surface area contributed by atoms with Crippen LogP contribution in [0.25, 0.3) is 0 Å². The summed E-state index contributed by atoms with van der Waals surface area (Å²) in [6.45, 7) is 8.36. The molecule has 0 aliphatic carbocycles. The van der Waals surface area contributed by atoms with Gasteiger partial charge in [-0.2, -0.15) is 0 Å². The van der Waals surface area contributed by atoms with Crippen LogP contribution in [0.3, 0.4) is 0 Å². The van der Waals surface area contributed by atoms with E-state index in [0.717, 1.165) is 19.3 Å². The van der Waals surface area contributed by atoms with Gasteiger partial charge in [0.05, 0.1) is 0 Å². The normalized spacial score (nSPS) is 18.7. The van der Waals surface area contributed by atoms with Gasteiger partial charge < -0.3 is 4.74 Å². The van der Waals surface area contributed by atoms with Crippen molar-refractivity contribution in [3.63, 3.8) is 0 Å². The largest absolute Gasteiger partial charge is 0.459 e. The van der Waals surface area contributed by atoms with Crippen LogP contribution < -0.4 is 0 Å². The van der Waals surface area contributed by atoms with Crippen LogP contribution in [0.2, 0.25) is 0 Å². The van der Waals surface area contributed by atoms with Gasteiger partial charge in [-0.15, -0.1) is 0 Å². The molecule has 0 aromatic carbocycles. The van der Waals surface area contributed by atoms with Crippen molar-refractivity contribution >= 4 is 5.97 Å². The molecular weight excluding hydrogens is 188 g/mol. The van der Waals surface area contributed by atoms with Gasteiger partial charge in [0.1, 0.15) is 6.10 Å². The third-order valence-corrected chi connectivity index (χ3v) is 2.00. The van der Waals surface area contributed by atoms with Gasteiger partial charge in [0, 0.05) is 12.5 Å². The number of hydrogen-bond acceptors (Lipinski definition) is 2. The van der Waals surface area contributed by atoms with Crippen molar-refractivity contribution in [3.05, 3.63) is 12.2 Å². The Morgan fingerprint density at radius 2 is 2.07 bits per heavy atom. The molecule has 0 unspecified atom stereocenters. The zero-order valence-electron chi connectivity index (χ0n) is 9.75. The molecule has 1 aliphatic heterocycles. The van der Waals surface area contributed by atoms with E-state index in [1.165, 1.54) is 6.08 Å². The van der Waals surface area contributed by atoms with E-state index in [1.54, 1.807) is 0 Å². The van der Waals surface area contributed by atoms with Gasteiger partial charge in [0.25, 0.3) is 0 Å². The van der Waals surface area contributed by atoms with E-state index in [9.17, 15) is 4.79 Å². The fourth-order valence-electron chi connectivity index (χ4n) is 1.26. The molecule has 0 saturated heterocycles. The van der Waals surface area contributed by atoms with Crippen molar-refractivity contribution in [2.75, 3.05) is 0 Å². The minimum Gasteiger partial charge on any atom is -0.459 e. The molecular formula is C13H26O2. The van der Waals surface area contributed by atoms with Crippen LogP contribution >= 0.6 is 0 Å². The quantitative estimate of drug-likeness (QED) is 0.665. The molecule has 0 amide bonds. The molecule has 2 nitrogen and oxygen atoms in total. The van der Waals surface area contributed by atoms with E-state index in [2.05, 4.69) is 13.8 Å². The van der Waals surface area contributed by atoms with Crippen molar-refractivity contribution < 1.29 is 9.53 Å². The Labute approximate surface area is 94.7 Å². The maximum Gasteiger partial charge on any atom is 0.330 e. The molecule has 0 saturated carbocycles. The average Bonchev–Trinajstić information content (AvgIpc) is 2.18. The van der Waals surface area contributed by atoms with Crippen molar-refractivity contribution in [2.24, 2.45) is 5.92 Å². The summed E-state index contributed by atoms with van der Waals surface area (Å²) in [5, 5.41) is 0. The molecule has 15 heavy (non-hydrogen) atoms. The summed E-state index contributed by atoms with van der Waals surface area (Å²) < 4.78 is 5.11. The van der Waals surface area contributed by atoms with Crippen LogP contribution in [0.15, 0.2) is 12.2 Å². The lowest BCUT2D eigenvalue weighted by molar-refractivity contribution is -0.144. The van der Waals surface area contributed by atoms with Crippen molar-refractivity contribution in [1.29, 1.82) is 0 Å². The van der Waals surface area contributed by atoms with Gasteiger partial charge >= 0.3 is 5.97 Å². The molecule has 0 radical (unpaired) electrons. The van der Waals surface area contributed by atoms with Crippen LogP contribution in [0, 0.1) is 5.92 Å². The molecule has 0 N–H and O–H groups in total. The van der Waals surface area contributed by atoms with Gasteiger partial charge in [0.15, 0.2) is 0 Å². The molecule has 1 heterocycles. The molecule has 0 spiro atoms. The Balaban J connectivity index is 0. The Morgan fingerprint density at radius 3 is 2.53 bits per heavy atom. The maximum absolute atomic E-state index is 10.8. The molecule has 0 aromatic rings. The summed E-state index contributed by atoms with van der Waals surface area (Å²) in [5.74, 6) is 0.504. The third kappa shape index (κ3) is 8.22. The van der Waals surface area contributed by atoms with E-state index in [4.69, 9.17) is 4.74 Å². The average molecular weight is 214 g/mol. The zero-order chi connectivity index (χ0) is 11.0. The fraction of sp³-hybridized carbons (Fsp3) is 0.769. The number of esters is 1. The van der Waals surface area contributed by atoms with Gasteiger partial charge in [-0.05, 0) is 18.8 Å². The topological polar surface area (TPSA) is 26.3 Å². The molecule has 1 aliphatic rings. The summed E-state index contributed by atoms with van der Waals surface area (Å²) in [6, 6.07) is 0. The van der Waals surface area contributed by atoms with Crippen molar-refractivity contribution in [1.82, 2.24) is 0 Å². The maximum atomic E-state index is 10.8. The summed E-state index contributed by atoms with van der Waals surface area (Å²) >= 11 is 0. The summed E-state index contributed by atoms with van der Waals surface area (Å²) in [6.07, 6.45) is 6.55. The molecule has 0 fully saturated rings. The number of rotatable bonds is 3. The molecule has 1 rings (SSSR count). The minimum absolute atomic E-state index is 0. The first kappa shape index (κ1) is 16.6. The first-order valence-corrected chi connectivity index (χ1v) is 5.55. The summed E-state index contributed by atoms with van der Waals surface area (Å²) in [7, 11) is 0. The van der Waals surface area contributed by atoms with Crippen molar-refractivity contribution in [2.45, 2.75) is 60.5 Å². The second-order valence-corrected chi connectivity index (χ2v) is 3.67. The van der Waals surface area contributed by atoms with Crippen LogP contribution in [-0.4, -0.2) is 12.1 Å². The Kier molecular flexibility index (Phi) is 10.8. The Hall–Kier alpha value is -0.790. The van der Waals surface area contributed by atoms with Crippen LogP contribution in [0.1, 0.15) is 54.4 Å². The standard InChI is InChI=1S/C10H16O2.C2H6.CH4/c1-8(2)6-7-9-4-3-5-10(11)12-9;1-2;/h3,5,8-9H,4,6-7H2,1-2H3;1-2H3;1H4/t9-;;/m1../s1. The molecule has 2 heteroatoms.